The van der Waals surface area contributed by atoms with Crippen molar-refractivity contribution < 1.29 is 14.3 Å². The molecule has 0 saturated carbocycles. The van der Waals surface area contributed by atoms with Crippen molar-refractivity contribution in [1.82, 2.24) is 14.7 Å². The molecule has 2 heterocycles. The van der Waals surface area contributed by atoms with Crippen molar-refractivity contribution in [2.75, 3.05) is 52.5 Å². The SMILES string of the molecule is CCN(Cc1ccccc1)C(=O)CN1CCC(C(=O)N2CCOCC2)CC1. The molecule has 1 aromatic carbocycles. The average molecular weight is 373 g/mol. The fourth-order valence-electron chi connectivity index (χ4n) is 3.85. The number of rotatable bonds is 6. The minimum Gasteiger partial charge on any atom is -0.378 e. The highest BCUT2D eigenvalue weighted by atomic mass is 16.5. The van der Waals surface area contributed by atoms with Crippen molar-refractivity contribution in [3.63, 3.8) is 0 Å². The van der Waals surface area contributed by atoms with Crippen LogP contribution in [0.4, 0.5) is 0 Å². The Morgan fingerprint density at radius 1 is 1.07 bits per heavy atom. The van der Waals surface area contributed by atoms with Crippen LogP contribution in [0.1, 0.15) is 25.3 Å². The third-order valence-corrected chi connectivity index (χ3v) is 5.57. The Morgan fingerprint density at radius 2 is 1.74 bits per heavy atom. The Morgan fingerprint density at radius 3 is 2.37 bits per heavy atom. The smallest absolute Gasteiger partial charge is 0.237 e. The number of nitrogens with zero attached hydrogens (tertiary/aromatic N) is 3. The van der Waals surface area contributed by atoms with E-state index in [1.807, 2.05) is 34.9 Å². The lowest BCUT2D eigenvalue weighted by molar-refractivity contribution is -0.141. The monoisotopic (exact) mass is 373 g/mol. The summed E-state index contributed by atoms with van der Waals surface area (Å²) in [6.45, 7) is 8.17. The Kier molecular flexibility index (Phi) is 7.24. The van der Waals surface area contributed by atoms with E-state index in [1.165, 1.54) is 0 Å². The summed E-state index contributed by atoms with van der Waals surface area (Å²) in [5, 5.41) is 0. The van der Waals surface area contributed by atoms with Gasteiger partial charge in [-0.05, 0) is 38.4 Å². The minimum absolute atomic E-state index is 0.0982. The molecule has 0 aliphatic carbocycles. The number of amides is 2. The van der Waals surface area contributed by atoms with Gasteiger partial charge < -0.3 is 14.5 Å². The van der Waals surface area contributed by atoms with Crippen molar-refractivity contribution in [2.45, 2.75) is 26.3 Å². The zero-order valence-corrected chi connectivity index (χ0v) is 16.3. The molecule has 2 fully saturated rings. The summed E-state index contributed by atoms with van der Waals surface area (Å²) < 4.78 is 5.33. The Balaban J connectivity index is 1.45. The summed E-state index contributed by atoms with van der Waals surface area (Å²) >= 11 is 0. The van der Waals surface area contributed by atoms with E-state index < -0.39 is 0 Å². The van der Waals surface area contributed by atoms with E-state index in [2.05, 4.69) is 17.0 Å². The zero-order chi connectivity index (χ0) is 19.1. The molecule has 0 spiro atoms. The molecule has 3 rings (SSSR count). The lowest BCUT2D eigenvalue weighted by Crippen LogP contribution is -2.48. The first kappa shape index (κ1) is 19.8. The van der Waals surface area contributed by atoms with Crippen LogP contribution in [-0.2, 0) is 20.9 Å². The molecule has 2 saturated heterocycles. The molecular formula is C21H31N3O3. The highest BCUT2D eigenvalue weighted by Crippen LogP contribution is 2.20. The first-order chi connectivity index (χ1) is 13.2. The number of carbonyl (C=O) groups is 2. The lowest BCUT2D eigenvalue weighted by Gasteiger charge is -2.35. The van der Waals surface area contributed by atoms with Gasteiger partial charge >= 0.3 is 0 Å². The van der Waals surface area contributed by atoms with E-state index in [1.54, 1.807) is 0 Å². The van der Waals surface area contributed by atoms with Gasteiger partial charge in [0.25, 0.3) is 0 Å². The molecule has 0 atom stereocenters. The fraction of sp³-hybridized carbons (Fsp3) is 0.619. The van der Waals surface area contributed by atoms with Crippen molar-refractivity contribution in [1.29, 1.82) is 0 Å². The van der Waals surface area contributed by atoms with Crippen LogP contribution < -0.4 is 0 Å². The number of carbonyl (C=O) groups excluding carboxylic acids is 2. The van der Waals surface area contributed by atoms with Gasteiger partial charge in [0.1, 0.15) is 0 Å². The second-order valence-electron chi connectivity index (χ2n) is 7.38. The summed E-state index contributed by atoms with van der Waals surface area (Å²) in [6.07, 6.45) is 1.68. The average Bonchev–Trinajstić information content (AvgIpc) is 2.73. The quantitative estimate of drug-likeness (QED) is 0.760. The molecule has 0 unspecified atom stereocenters. The summed E-state index contributed by atoms with van der Waals surface area (Å²) in [6, 6.07) is 10.1. The van der Waals surface area contributed by atoms with Gasteiger partial charge in [0, 0.05) is 32.1 Å². The van der Waals surface area contributed by atoms with Gasteiger partial charge in [0.15, 0.2) is 0 Å². The van der Waals surface area contributed by atoms with Crippen LogP contribution in [0.3, 0.4) is 0 Å². The van der Waals surface area contributed by atoms with Crippen LogP contribution in [0.25, 0.3) is 0 Å². The standard InChI is InChI=1S/C21H31N3O3/c1-2-23(16-18-6-4-3-5-7-18)20(25)17-22-10-8-19(9-11-22)21(26)24-12-14-27-15-13-24/h3-7,19H,2,8-17H2,1H3. The van der Waals surface area contributed by atoms with Gasteiger partial charge in [-0.3, -0.25) is 14.5 Å². The molecule has 1 aromatic rings. The Hall–Kier alpha value is -1.92. The van der Waals surface area contributed by atoms with Gasteiger partial charge in [0.05, 0.1) is 19.8 Å². The number of benzene rings is 1. The molecule has 0 radical (unpaired) electrons. The molecule has 27 heavy (non-hydrogen) atoms. The maximum Gasteiger partial charge on any atom is 0.237 e. The lowest BCUT2D eigenvalue weighted by atomic mass is 9.95. The van der Waals surface area contributed by atoms with Crippen molar-refractivity contribution in [3.05, 3.63) is 35.9 Å². The number of likely N-dealkylation sites (N-methyl/N-ethyl adjacent to an activating group) is 1. The van der Waals surface area contributed by atoms with Crippen molar-refractivity contribution in [2.24, 2.45) is 5.92 Å². The zero-order valence-electron chi connectivity index (χ0n) is 16.3. The van der Waals surface area contributed by atoms with Crippen LogP contribution >= 0.6 is 0 Å². The van der Waals surface area contributed by atoms with Gasteiger partial charge in [-0.15, -0.1) is 0 Å². The number of piperidine rings is 1. The maximum absolute atomic E-state index is 12.7. The third kappa shape index (κ3) is 5.53. The van der Waals surface area contributed by atoms with Crippen LogP contribution in [0.5, 0.6) is 0 Å². The highest BCUT2D eigenvalue weighted by Gasteiger charge is 2.30. The molecule has 0 N–H and O–H groups in total. The third-order valence-electron chi connectivity index (χ3n) is 5.57. The first-order valence-corrected chi connectivity index (χ1v) is 10.1. The number of morpholine rings is 1. The molecule has 2 aliphatic rings. The number of likely N-dealkylation sites (tertiary alicyclic amines) is 1. The van der Waals surface area contributed by atoms with E-state index in [4.69, 9.17) is 4.74 Å². The van der Waals surface area contributed by atoms with Crippen molar-refractivity contribution in [3.8, 4) is 0 Å². The number of hydrogen-bond acceptors (Lipinski definition) is 4. The molecule has 0 bridgehead atoms. The van der Waals surface area contributed by atoms with E-state index in [0.29, 0.717) is 45.9 Å². The van der Waals surface area contributed by atoms with E-state index in [0.717, 1.165) is 31.5 Å². The van der Waals surface area contributed by atoms with Crippen LogP contribution in [0.15, 0.2) is 30.3 Å². The molecule has 6 heteroatoms. The summed E-state index contributed by atoms with van der Waals surface area (Å²) in [5.41, 5.74) is 1.16. The highest BCUT2D eigenvalue weighted by molar-refractivity contribution is 5.79. The maximum atomic E-state index is 12.7. The van der Waals surface area contributed by atoms with Crippen LogP contribution in [-0.4, -0.2) is 79.0 Å². The predicted octanol–water partition coefficient (Wildman–Crippen LogP) is 1.61. The van der Waals surface area contributed by atoms with Gasteiger partial charge in [-0.25, -0.2) is 0 Å². The minimum atomic E-state index is 0.0982. The Bertz CT molecular complexity index is 608. The van der Waals surface area contributed by atoms with Crippen LogP contribution in [0.2, 0.25) is 0 Å². The Labute approximate surface area is 162 Å². The van der Waals surface area contributed by atoms with Gasteiger partial charge in [-0.2, -0.15) is 0 Å². The van der Waals surface area contributed by atoms with E-state index in [-0.39, 0.29) is 17.7 Å². The topological polar surface area (TPSA) is 53.1 Å². The summed E-state index contributed by atoms with van der Waals surface area (Å²) in [5.74, 6) is 0.531. The van der Waals surface area contributed by atoms with E-state index in [9.17, 15) is 9.59 Å². The summed E-state index contributed by atoms with van der Waals surface area (Å²) in [7, 11) is 0. The van der Waals surface area contributed by atoms with Gasteiger partial charge in [0.2, 0.25) is 11.8 Å². The second kappa shape index (κ2) is 9.85. The predicted molar refractivity (Wildman–Crippen MR) is 104 cm³/mol. The number of hydrogen-bond donors (Lipinski definition) is 0. The van der Waals surface area contributed by atoms with Gasteiger partial charge in [-0.1, -0.05) is 30.3 Å². The largest absolute Gasteiger partial charge is 0.378 e. The molecule has 2 amide bonds. The molecule has 148 valence electrons. The second-order valence-corrected chi connectivity index (χ2v) is 7.38. The molecular weight excluding hydrogens is 342 g/mol. The molecule has 2 aliphatic heterocycles. The summed E-state index contributed by atoms with van der Waals surface area (Å²) in [4.78, 5) is 31.4. The number of ether oxygens (including phenoxy) is 1. The molecule has 0 aromatic heterocycles. The first-order valence-electron chi connectivity index (χ1n) is 10.1. The van der Waals surface area contributed by atoms with E-state index >= 15 is 0 Å². The van der Waals surface area contributed by atoms with Crippen molar-refractivity contribution >= 4 is 11.8 Å². The van der Waals surface area contributed by atoms with Crippen LogP contribution in [0, 0.1) is 5.92 Å². The fourth-order valence-corrected chi connectivity index (χ4v) is 3.85. The normalized spacial score (nSPS) is 19.1. The molecule has 6 nitrogen and oxygen atoms in total.